The molecule has 0 aliphatic carbocycles. The Kier molecular flexibility index (Phi) is 7.44. The van der Waals surface area contributed by atoms with E-state index in [-0.39, 0.29) is 13.1 Å². The van der Waals surface area contributed by atoms with Crippen molar-refractivity contribution in [2.45, 2.75) is 38.4 Å². The van der Waals surface area contributed by atoms with Gasteiger partial charge in [0.15, 0.2) is 0 Å². The number of halogens is 6. The van der Waals surface area contributed by atoms with E-state index < -0.39 is 47.2 Å². The Hall–Kier alpha value is -2.07. The van der Waals surface area contributed by atoms with Crippen LogP contribution in [0.5, 0.6) is 0 Å². The number of aliphatic hydroxyl groups is 2. The number of carbonyl (C=O) groups excluding carboxylic acids is 1. The maximum atomic E-state index is 13.2. The molecule has 27 heavy (non-hydrogen) atoms. The van der Waals surface area contributed by atoms with E-state index in [4.69, 9.17) is 0 Å². The highest BCUT2D eigenvalue weighted by Gasteiger charge is 2.44. The van der Waals surface area contributed by atoms with Gasteiger partial charge < -0.3 is 15.1 Å². The van der Waals surface area contributed by atoms with Crippen LogP contribution in [0.4, 0.5) is 26.3 Å². The van der Waals surface area contributed by atoms with Crippen LogP contribution in [0.1, 0.15) is 30.5 Å². The van der Waals surface area contributed by atoms with Gasteiger partial charge in [0.05, 0.1) is 23.3 Å². The second kappa shape index (κ2) is 8.75. The summed E-state index contributed by atoms with van der Waals surface area (Å²) in [5.74, 6) is -0.859. The van der Waals surface area contributed by atoms with E-state index in [9.17, 15) is 41.4 Å². The molecular weight excluding hydrogens is 380 g/mol. The minimum atomic E-state index is -5.28. The molecule has 0 aliphatic rings. The molecule has 2 unspecified atom stereocenters. The molecule has 1 amide bonds. The summed E-state index contributed by atoms with van der Waals surface area (Å²) in [6.45, 7) is 2.31. The van der Waals surface area contributed by atoms with E-state index in [1.807, 2.05) is 0 Å². The van der Waals surface area contributed by atoms with Gasteiger partial charge in [-0.15, -0.1) is 0 Å². The van der Waals surface area contributed by atoms with Crippen molar-refractivity contribution in [3.63, 3.8) is 0 Å². The van der Waals surface area contributed by atoms with E-state index in [1.54, 1.807) is 0 Å². The van der Waals surface area contributed by atoms with E-state index >= 15 is 0 Å². The minimum absolute atomic E-state index is 0.206. The second-order valence-electron chi connectivity index (χ2n) is 6.04. The van der Waals surface area contributed by atoms with Crippen molar-refractivity contribution in [3.05, 3.63) is 41.0 Å². The third-order valence-corrected chi connectivity index (χ3v) is 3.37. The van der Waals surface area contributed by atoms with Gasteiger partial charge in [-0.3, -0.25) is 4.79 Å². The molecule has 152 valence electrons. The van der Waals surface area contributed by atoms with Gasteiger partial charge in [-0.2, -0.15) is 26.3 Å². The van der Waals surface area contributed by atoms with Crippen molar-refractivity contribution in [1.82, 2.24) is 4.90 Å². The topological polar surface area (TPSA) is 60.8 Å². The number of aliphatic hydroxyl groups excluding tert-OH is 2. The SMILES string of the molecule is CC(O)CN(CC(C)O)C(=O)C=Cc1cccc(C(F)(F)F)c1C(F)(F)F. The predicted molar refractivity (Wildman–Crippen MR) is 85.4 cm³/mol. The maximum Gasteiger partial charge on any atom is 0.417 e. The lowest BCUT2D eigenvalue weighted by Gasteiger charge is -2.24. The van der Waals surface area contributed by atoms with Crippen LogP contribution < -0.4 is 0 Å². The molecule has 0 bridgehead atoms. The average molecular weight is 399 g/mol. The van der Waals surface area contributed by atoms with Gasteiger partial charge in [0.25, 0.3) is 0 Å². The number of hydrogen-bond acceptors (Lipinski definition) is 3. The fraction of sp³-hybridized carbons (Fsp3) is 0.471. The molecule has 0 saturated heterocycles. The number of nitrogens with zero attached hydrogens (tertiary/aromatic N) is 1. The zero-order valence-corrected chi connectivity index (χ0v) is 14.5. The predicted octanol–water partition coefficient (Wildman–Crippen LogP) is 3.33. The van der Waals surface area contributed by atoms with Gasteiger partial charge in [0, 0.05) is 19.2 Å². The summed E-state index contributed by atoms with van der Waals surface area (Å²) in [5, 5.41) is 18.7. The zero-order chi connectivity index (χ0) is 21.0. The van der Waals surface area contributed by atoms with Crippen molar-refractivity contribution in [2.24, 2.45) is 0 Å². The normalized spacial score (nSPS) is 15.0. The molecule has 0 spiro atoms. The van der Waals surface area contributed by atoms with E-state index in [1.165, 1.54) is 13.8 Å². The molecule has 2 N–H and O–H groups in total. The van der Waals surface area contributed by atoms with Crippen LogP contribution in [0.15, 0.2) is 24.3 Å². The number of benzene rings is 1. The van der Waals surface area contributed by atoms with Crippen LogP contribution in [0.25, 0.3) is 6.08 Å². The van der Waals surface area contributed by atoms with Crippen LogP contribution >= 0.6 is 0 Å². The first-order valence-corrected chi connectivity index (χ1v) is 7.84. The van der Waals surface area contributed by atoms with Crippen molar-refractivity contribution >= 4 is 12.0 Å². The van der Waals surface area contributed by atoms with Gasteiger partial charge in [0.2, 0.25) is 5.91 Å². The van der Waals surface area contributed by atoms with Crippen molar-refractivity contribution < 1.29 is 41.4 Å². The highest BCUT2D eigenvalue weighted by Crippen LogP contribution is 2.42. The standard InChI is InChI=1S/C17H19F6NO3/c1-10(25)8-24(9-11(2)26)14(27)7-6-12-4-3-5-13(16(18,19)20)15(12)17(21,22)23/h3-7,10-11,25-26H,8-9H2,1-2H3. The molecule has 10 heteroatoms. The summed E-state index contributed by atoms with van der Waals surface area (Å²) in [5.41, 5.74) is -4.56. The van der Waals surface area contributed by atoms with Gasteiger partial charge in [0.1, 0.15) is 0 Å². The summed E-state index contributed by atoms with van der Waals surface area (Å²) in [4.78, 5) is 13.1. The molecule has 1 aromatic carbocycles. The van der Waals surface area contributed by atoms with Gasteiger partial charge >= 0.3 is 12.4 Å². The van der Waals surface area contributed by atoms with E-state index in [0.29, 0.717) is 18.2 Å². The lowest BCUT2D eigenvalue weighted by atomic mass is 9.99. The summed E-state index contributed by atoms with van der Waals surface area (Å²) in [6, 6.07) is 1.94. The smallest absolute Gasteiger partial charge is 0.392 e. The molecule has 2 atom stereocenters. The Morgan fingerprint density at radius 1 is 1.04 bits per heavy atom. The summed E-state index contributed by atoms with van der Waals surface area (Å²) >= 11 is 0. The van der Waals surface area contributed by atoms with Crippen LogP contribution in [-0.4, -0.2) is 46.3 Å². The number of hydrogen-bond donors (Lipinski definition) is 2. The first-order chi connectivity index (χ1) is 12.2. The molecule has 0 radical (unpaired) electrons. The Balaban J connectivity index is 3.28. The first-order valence-electron chi connectivity index (χ1n) is 7.84. The molecule has 0 fully saturated rings. The van der Waals surface area contributed by atoms with Gasteiger partial charge in [-0.1, -0.05) is 12.1 Å². The minimum Gasteiger partial charge on any atom is -0.392 e. The molecule has 0 aromatic heterocycles. The summed E-state index contributed by atoms with van der Waals surface area (Å²) in [7, 11) is 0. The second-order valence-corrected chi connectivity index (χ2v) is 6.04. The zero-order valence-electron chi connectivity index (χ0n) is 14.5. The molecule has 1 aromatic rings. The molecule has 1 rings (SSSR count). The third-order valence-electron chi connectivity index (χ3n) is 3.37. The van der Waals surface area contributed by atoms with Crippen molar-refractivity contribution in [2.75, 3.05) is 13.1 Å². The lowest BCUT2D eigenvalue weighted by Crippen LogP contribution is -2.39. The van der Waals surface area contributed by atoms with Gasteiger partial charge in [-0.05, 0) is 31.6 Å². The monoisotopic (exact) mass is 399 g/mol. The highest BCUT2D eigenvalue weighted by molar-refractivity contribution is 5.92. The number of rotatable bonds is 6. The fourth-order valence-corrected chi connectivity index (χ4v) is 2.42. The van der Waals surface area contributed by atoms with Crippen LogP contribution in [0, 0.1) is 0 Å². The van der Waals surface area contributed by atoms with Crippen LogP contribution in [-0.2, 0) is 17.1 Å². The molecule has 4 nitrogen and oxygen atoms in total. The quantitative estimate of drug-likeness (QED) is 0.570. The Bertz CT molecular complexity index is 670. The Morgan fingerprint density at radius 3 is 1.96 bits per heavy atom. The van der Waals surface area contributed by atoms with Crippen molar-refractivity contribution in [3.8, 4) is 0 Å². The van der Waals surface area contributed by atoms with Gasteiger partial charge in [-0.25, -0.2) is 0 Å². The molecular formula is C17H19F6NO3. The lowest BCUT2D eigenvalue weighted by molar-refractivity contribution is -0.162. The van der Waals surface area contributed by atoms with E-state index in [0.717, 1.165) is 17.0 Å². The largest absolute Gasteiger partial charge is 0.417 e. The van der Waals surface area contributed by atoms with Crippen molar-refractivity contribution in [1.29, 1.82) is 0 Å². The number of alkyl halides is 6. The average Bonchev–Trinajstić information content (AvgIpc) is 2.48. The Morgan fingerprint density at radius 2 is 1.56 bits per heavy atom. The third kappa shape index (κ3) is 6.87. The fourth-order valence-electron chi connectivity index (χ4n) is 2.42. The maximum absolute atomic E-state index is 13.2. The van der Waals surface area contributed by atoms with Crippen LogP contribution in [0.2, 0.25) is 0 Å². The number of amides is 1. The first kappa shape index (κ1) is 23.0. The molecule has 0 aliphatic heterocycles. The molecule has 0 heterocycles. The van der Waals surface area contributed by atoms with Crippen LogP contribution in [0.3, 0.4) is 0 Å². The number of carbonyl (C=O) groups is 1. The summed E-state index contributed by atoms with van der Waals surface area (Å²) in [6.07, 6.45) is -11.1. The van der Waals surface area contributed by atoms with E-state index in [2.05, 4.69) is 0 Å². The Labute approximate surface area is 151 Å². The highest BCUT2D eigenvalue weighted by atomic mass is 19.4. The molecule has 0 saturated carbocycles. The summed E-state index contributed by atoms with van der Waals surface area (Å²) < 4.78 is 78.3.